The summed E-state index contributed by atoms with van der Waals surface area (Å²) < 4.78 is 22.2. The summed E-state index contributed by atoms with van der Waals surface area (Å²) >= 11 is 4.22. The second-order valence-electron chi connectivity index (χ2n) is 4.03. The maximum absolute atomic E-state index is 5.73. The van der Waals surface area contributed by atoms with E-state index in [1.54, 1.807) is 7.11 Å². The normalized spacial score (nSPS) is 45.4. The highest BCUT2D eigenvalue weighted by Crippen LogP contribution is 2.38. The third-order valence-corrected chi connectivity index (χ3v) is 2.88. The van der Waals surface area contributed by atoms with Crippen LogP contribution in [0.5, 0.6) is 0 Å². The Bertz CT molecular complexity index is 201. The zero-order valence-electron chi connectivity index (χ0n) is 8.60. The third kappa shape index (κ3) is 1.67. The zero-order valence-corrected chi connectivity index (χ0v) is 9.49. The maximum Gasteiger partial charge on any atom is 0.186 e. The summed E-state index contributed by atoms with van der Waals surface area (Å²) in [6.07, 6.45) is -0.575. The van der Waals surface area contributed by atoms with Gasteiger partial charge >= 0.3 is 0 Å². The Kier molecular flexibility index (Phi) is 2.79. The van der Waals surface area contributed by atoms with Crippen molar-refractivity contribution < 1.29 is 18.9 Å². The second kappa shape index (κ2) is 3.64. The van der Waals surface area contributed by atoms with E-state index in [1.165, 1.54) is 0 Å². The quantitative estimate of drug-likeness (QED) is 0.699. The van der Waals surface area contributed by atoms with Gasteiger partial charge in [0.1, 0.15) is 12.2 Å². The molecular formula is C9H16O4S. The Morgan fingerprint density at radius 2 is 1.93 bits per heavy atom. The fourth-order valence-electron chi connectivity index (χ4n) is 1.98. The van der Waals surface area contributed by atoms with Crippen LogP contribution in [0.2, 0.25) is 0 Å². The van der Waals surface area contributed by atoms with Crippen LogP contribution in [0.4, 0.5) is 0 Å². The SMILES string of the molecule is COC1OC(CS)C2OC(C)(C)OC12. The van der Waals surface area contributed by atoms with Crippen molar-refractivity contribution in [3.8, 4) is 0 Å². The van der Waals surface area contributed by atoms with Crippen molar-refractivity contribution in [3.63, 3.8) is 0 Å². The minimum Gasteiger partial charge on any atom is -0.353 e. The molecule has 0 aromatic rings. The molecular weight excluding hydrogens is 204 g/mol. The van der Waals surface area contributed by atoms with Gasteiger partial charge in [-0.05, 0) is 13.8 Å². The van der Waals surface area contributed by atoms with Gasteiger partial charge in [0.15, 0.2) is 12.1 Å². The molecule has 0 spiro atoms. The van der Waals surface area contributed by atoms with Crippen molar-refractivity contribution in [3.05, 3.63) is 0 Å². The molecule has 2 fully saturated rings. The molecule has 0 saturated carbocycles. The van der Waals surface area contributed by atoms with E-state index in [0.717, 1.165) is 0 Å². The smallest absolute Gasteiger partial charge is 0.186 e. The van der Waals surface area contributed by atoms with Gasteiger partial charge in [0.25, 0.3) is 0 Å². The first kappa shape index (κ1) is 10.7. The van der Waals surface area contributed by atoms with Crippen molar-refractivity contribution in [2.24, 2.45) is 0 Å². The van der Waals surface area contributed by atoms with Gasteiger partial charge in [-0.3, -0.25) is 0 Å². The summed E-state index contributed by atoms with van der Waals surface area (Å²) in [5.41, 5.74) is 0. The van der Waals surface area contributed by atoms with Gasteiger partial charge in [-0.2, -0.15) is 12.6 Å². The Balaban J connectivity index is 2.12. The molecule has 0 aromatic heterocycles. The topological polar surface area (TPSA) is 36.9 Å². The zero-order chi connectivity index (χ0) is 10.3. The van der Waals surface area contributed by atoms with Crippen LogP contribution < -0.4 is 0 Å². The summed E-state index contributed by atoms with van der Waals surface area (Å²) in [6, 6.07) is 0. The lowest BCUT2D eigenvalue weighted by molar-refractivity contribution is -0.224. The van der Waals surface area contributed by atoms with E-state index < -0.39 is 5.79 Å². The predicted octanol–water partition coefficient (Wildman–Crippen LogP) is 0.808. The molecule has 4 unspecified atom stereocenters. The van der Waals surface area contributed by atoms with Gasteiger partial charge in [0.2, 0.25) is 0 Å². The van der Waals surface area contributed by atoms with Crippen LogP contribution in [-0.4, -0.2) is 43.3 Å². The number of ether oxygens (including phenoxy) is 4. The van der Waals surface area contributed by atoms with Crippen molar-refractivity contribution in [1.82, 2.24) is 0 Å². The number of thiol groups is 1. The van der Waals surface area contributed by atoms with Gasteiger partial charge in [-0.1, -0.05) is 0 Å². The molecule has 5 heteroatoms. The maximum atomic E-state index is 5.73. The molecule has 4 atom stereocenters. The number of rotatable bonds is 2. The van der Waals surface area contributed by atoms with E-state index in [2.05, 4.69) is 12.6 Å². The third-order valence-electron chi connectivity index (χ3n) is 2.52. The highest BCUT2D eigenvalue weighted by molar-refractivity contribution is 7.80. The molecule has 0 N–H and O–H groups in total. The Hall–Kier alpha value is 0.190. The molecule has 0 aromatic carbocycles. The molecule has 14 heavy (non-hydrogen) atoms. The highest BCUT2D eigenvalue weighted by Gasteiger charge is 2.54. The standard InChI is InChI=1S/C9H16O4S/c1-9(2)12-6-5(4-14)11-8(10-3)7(6)13-9/h5-8,14H,4H2,1-3H3. The van der Waals surface area contributed by atoms with Crippen LogP contribution in [0.3, 0.4) is 0 Å². The van der Waals surface area contributed by atoms with Gasteiger partial charge < -0.3 is 18.9 Å². The minimum atomic E-state index is -0.545. The fraction of sp³-hybridized carbons (Fsp3) is 1.00. The van der Waals surface area contributed by atoms with Crippen LogP contribution in [0, 0.1) is 0 Å². The predicted molar refractivity (Wildman–Crippen MR) is 53.3 cm³/mol. The van der Waals surface area contributed by atoms with Gasteiger partial charge in [0, 0.05) is 12.9 Å². The van der Waals surface area contributed by atoms with Crippen LogP contribution in [0.15, 0.2) is 0 Å². The van der Waals surface area contributed by atoms with Crippen LogP contribution in [0.1, 0.15) is 13.8 Å². The molecule has 0 amide bonds. The summed E-state index contributed by atoms with van der Waals surface area (Å²) in [7, 11) is 1.61. The summed E-state index contributed by atoms with van der Waals surface area (Å²) in [5, 5.41) is 0. The Morgan fingerprint density at radius 3 is 2.50 bits per heavy atom. The van der Waals surface area contributed by atoms with E-state index in [-0.39, 0.29) is 24.6 Å². The number of hydrogen-bond acceptors (Lipinski definition) is 5. The highest BCUT2D eigenvalue weighted by atomic mass is 32.1. The average molecular weight is 220 g/mol. The molecule has 0 aliphatic carbocycles. The van der Waals surface area contributed by atoms with Crippen molar-refractivity contribution in [2.75, 3.05) is 12.9 Å². The Labute approximate surface area is 89.3 Å². The van der Waals surface area contributed by atoms with E-state index in [0.29, 0.717) is 5.75 Å². The second-order valence-corrected chi connectivity index (χ2v) is 4.39. The number of fused-ring (bicyclic) bond motifs is 1. The van der Waals surface area contributed by atoms with Crippen molar-refractivity contribution in [1.29, 1.82) is 0 Å². The molecule has 2 heterocycles. The molecule has 2 aliphatic rings. The lowest BCUT2D eigenvalue weighted by atomic mass is 10.2. The van der Waals surface area contributed by atoms with E-state index >= 15 is 0 Å². The Morgan fingerprint density at radius 1 is 1.29 bits per heavy atom. The van der Waals surface area contributed by atoms with E-state index in [4.69, 9.17) is 18.9 Å². The van der Waals surface area contributed by atoms with E-state index in [9.17, 15) is 0 Å². The monoisotopic (exact) mass is 220 g/mol. The number of methoxy groups -OCH3 is 1. The molecule has 0 bridgehead atoms. The first-order valence-corrected chi connectivity index (χ1v) is 5.35. The van der Waals surface area contributed by atoms with Crippen molar-refractivity contribution >= 4 is 12.6 Å². The fourth-order valence-corrected chi connectivity index (χ4v) is 2.27. The lowest BCUT2D eigenvalue weighted by Gasteiger charge is -2.22. The summed E-state index contributed by atoms with van der Waals surface area (Å²) in [4.78, 5) is 0. The van der Waals surface area contributed by atoms with Crippen LogP contribution in [0.25, 0.3) is 0 Å². The van der Waals surface area contributed by atoms with Crippen LogP contribution >= 0.6 is 12.6 Å². The lowest BCUT2D eigenvalue weighted by Crippen LogP contribution is -2.30. The van der Waals surface area contributed by atoms with Crippen molar-refractivity contribution in [2.45, 2.75) is 44.2 Å². The first-order valence-electron chi connectivity index (χ1n) is 4.72. The van der Waals surface area contributed by atoms with Crippen LogP contribution in [-0.2, 0) is 18.9 Å². The molecule has 2 rings (SSSR count). The molecule has 2 aliphatic heterocycles. The molecule has 4 nitrogen and oxygen atoms in total. The number of hydrogen-bond donors (Lipinski definition) is 1. The summed E-state index contributed by atoms with van der Waals surface area (Å²) in [5.74, 6) is 0.0670. The van der Waals surface area contributed by atoms with Gasteiger partial charge in [-0.25, -0.2) is 0 Å². The molecule has 2 saturated heterocycles. The minimum absolute atomic E-state index is 0.0462. The molecule has 82 valence electrons. The van der Waals surface area contributed by atoms with Gasteiger partial charge in [-0.15, -0.1) is 0 Å². The van der Waals surface area contributed by atoms with Gasteiger partial charge in [0.05, 0.1) is 6.10 Å². The molecule has 0 radical (unpaired) electrons. The van der Waals surface area contributed by atoms with E-state index in [1.807, 2.05) is 13.8 Å². The first-order chi connectivity index (χ1) is 6.57. The summed E-state index contributed by atoms with van der Waals surface area (Å²) in [6.45, 7) is 3.79. The average Bonchev–Trinajstić information content (AvgIpc) is 2.57. The largest absolute Gasteiger partial charge is 0.353 e.